The highest BCUT2D eigenvalue weighted by atomic mass is 32.2. The Morgan fingerprint density at radius 1 is 0.884 bits per heavy atom. The van der Waals surface area contributed by atoms with Gasteiger partial charge in [-0.25, -0.2) is 4.79 Å². The number of aliphatic carboxylic acids is 1. The number of carbonyl (C=O) groups excluding carboxylic acids is 1. The van der Waals surface area contributed by atoms with E-state index in [1.165, 1.54) is 26.5 Å². The first-order chi connectivity index (χ1) is 20.7. The van der Waals surface area contributed by atoms with Crippen LogP contribution in [0.1, 0.15) is 48.8 Å². The van der Waals surface area contributed by atoms with Crippen LogP contribution in [0.15, 0.2) is 70.5 Å². The maximum absolute atomic E-state index is 13.0. The predicted molar refractivity (Wildman–Crippen MR) is 170 cm³/mol. The van der Waals surface area contributed by atoms with Crippen LogP contribution < -0.4 is 10.1 Å². The standard InChI is InChI=1S/C34H42N2O6S/c1-23-14-15-25(21-24(23)2)11-5-4-9-20-42-32(31(37)34(39)40)33(38)36(3)18-8-10-19-41-26-16-17-30-28(22-26)35-27-12-6-7-13-29(27)43-30/h6-7,12-17,21-22,31-32,35,37H,4-5,8-11,18-20H2,1-3H3,(H,39,40). The number of fused-ring (bicyclic) bond motifs is 2. The number of aryl methyl sites for hydroxylation is 3. The summed E-state index contributed by atoms with van der Waals surface area (Å²) in [6.45, 7) is 5.28. The number of hydrogen-bond donors (Lipinski definition) is 3. The highest BCUT2D eigenvalue weighted by molar-refractivity contribution is 7.99. The molecule has 2 atom stereocenters. The van der Waals surface area contributed by atoms with Gasteiger partial charge in [-0.15, -0.1) is 0 Å². The predicted octanol–water partition coefficient (Wildman–Crippen LogP) is 6.37. The van der Waals surface area contributed by atoms with Crippen molar-refractivity contribution in [1.82, 2.24) is 4.90 Å². The van der Waals surface area contributed by atoms with Gasteiger partial charge in [0, 0.05) is 36.1 Å². The van der Waals surface area contributed by atoms with E-state index in [4.69, 9.17) is 9.47 Å². The fourth-order valence-electron chi connectivity index (χ4n) is 4.88. The van der Waals surface area contributed by atoms with Gasteiger partial charge in [-0.2, -0.15) is 0 Å². The van der Waals surface area contributed by atoms with Gasteiger partial charge in [0.1, 0.15) is 5.75 Å². The van der Waals surface area contributed by atoms with E-state index in [2.05, 4.69) is 49.5 Å². The van der Waals surface area contributed by atoms with Crippen LogP contribution in [0.25, 0.3) is 0 Å². The van der Waals surface area contributed by atoms with Crippen LogP contribution in [0, 0.1) is 13.8 Å². The lowest BCUT2D eigenvalue weighted by Gasteiger charge is -2.25. The summed E-state index contributed by atoms with van der Waals surface area (Å²) < 4.78 is 11.6. The zero-order chi connectivity index (χ0) is 30.8. The lowest BCUT2D eigenvalue weighted by molar-refractivity contribution is -0.166. The summed E-state index contributed by atoms with van der Waals surface area (Å²) in [5.41, 5.74) is 5.93. The fraction of sp³-hybridized carbons (Fsp3) is 0.412. The second-order valence-electron chi connectivity index (χ2n) is 11.0. The van der Waals surface area contributed by atoms with Crippen molar-refractivity contribution in [3.8, 4) is 5.75 Å². The molecule has 3 aromatic rings. The SMILES string of the molecule is Cc1ccc(CCCCCOC(C(=O)N(C)CCCCOc2ccc3c(c2)Nc2ccccc2S3)C(O)C(=O)O)cc1C. The molecule has 0 aliphatic carbocycles. The van der Waals surface area contributed by atoms with Gasteiger partial charge < -0.3 is 29.9 Å². The number of ether oxygens (including phenoxy) is 2. The summed E-state index contributed by atoms with van der Waals surface area (Å²) in [6, 6.07) is 20.6. The van der Waals surface area contributed by atoms with Crippen molar-refractivity contribution in [1.29, 1.82) is 0 Å². The van der Waals surface area contributed by atoms with Crippen molar-refractivity contribution in [3.63, 3.8) is 0 Å². The second kappa shape index (κ2) is 15.8. The lowest BCUT2D eigenvalue weighted by Crippen LogP contribution is -2.48. The van der Waals surface area contributed by atoms with Crippen molar-refractivity contribution in [2.45, 2.75) is 74.4 Å². The number of unbranched alkanes of at least 4 members (excludes halogenated alkanes) is 3. The topological polar surface area (TPSA) is 108 Å². The number of hydrogen-bond acceptors (Lipinski definition) is 7. The van der Waals surface area contributed by atoms with E-state index >= 15 is 0 Å². The Morgan fingerprint density at radius 2 is 1.65 bits per heavy atom. The number of likely N-dealkylation sites (N-methyl/N-ethyl adjacent to an activating group) is 1. The number of para-hydroxylation sites is 1. The van der Waals surface area contributed by atoms with Gasteiger partial charge in [0.2, 0.25) is 0 Å². The number of carbonyl (C=O) groups is 2. The van der Waals surface area contributed by atoms with E-state index in [9.17, 15) is 19.8 Å². The van der Waals surface area contributed by atoms with Crippen molar-refractivity contribution >= 4 is 35.0 Å². The molecule has 1 aliphatic rings. The molecule has 1 amide bonds. The Bertz CT molecular complexity index is 1400. The molecule has 0 bridgehead atoms. The Kier molecular flexibility index (Phi) is 11.9. The van der Waals surface area contributed by atoms with E-state index in [0.29, 0.717) is 32.4 Å². The lowest BCUT2D eigenvalue weighted by atomic mass is 10.0. The van der Waals surface area contributed by atoms with Crippen molar-refractivity contribution in [3.05, 3.63) is 77.4 Å². The van der Waals surface area contributed by atoms with Crippen molar-refractivity contribution in [2.75, 3.05) is 32.1 Å². The number of benzene rings is 3. The molecule has 230 valence electrons. The van der Waals surface area contributed by atoms with Crippen molar-refractivity contribution in [2.24, 2.45) is 0 Å². The quantitative estimate of drug-likeness (QED) is 0.126. The molecule has 0 fully saturated rings. The normalized spacial score (nSPS) is 13.3. The van der Waals surface area contributed by atoms with Crippen LogP contribution in [0.5, 0.6) is 5.75 Å². The fourth-order valence-corrected chi connectivity index (χ4v) is 5.85. The largest absolute Gasteiger partial charge is 0.494 e. The first-order valence-corrected chi connectivity index (χ1v) is 15.7. The molecule has 3 N–H and O–H groups in total. The van der Waals surface area contributed by atoms with Gasteiger partial charge in [-0.3, -0.25) is 4.79 Å². The highest BCUT2D eigenvalue weighted by Crippen LogP contribution is 2.45. The molecule has 9 heteroatoms. The molecule has 2 unspecified atom stereocenters. The number of carboxylic acids is 1. The minimum Gasteiger partial charge on any atom is -0.494 e. The van der Waals surface area contributed by atoms with E-state index in [1.54, 1.807) is 18.8 Å². The summed E-state index contributed by atoms with van der Waals surface area (Å²) in [5.74, 6) is -1.25. The van der Waals surface area contributed by atoms with Crippen LogP contribution in [0.3, 0.4) is 0 Å². The molecule has 0 radical (unpaired) electrons. The molecule has 8 nitrogen and oxygen atoms in total. The summed E-state index contributed by atoms with van der Waals surface area (Å²) >= 11 is 1.72. The number of anilines is 2. The number of nitrogens with zero attached hydrogens (tertiary/aromatic N) is 1. The number of carboxylic acid groups (broad SMARTS) is 1. The van der Waals surface area contributed by atoms with Gasteiger partial charge in [-0.1, -0.05) is 48.5 Å². The van der Waals surface area contributed by atoms with Crippen LogP contribution in [0.4, 0.5) is 11.4 Å². The molecule has 0 aromatic heterocycles. The molecule has 0 saturated carbocycles. The maximum atomic E-state index is 13.0. The zero-order valence-electron chi connectivity index (χ0n) is 25.2. The van der Waals surface area contributed by atoms with E-state index in [1.807, 2.05) is 30.3 Å². The number of aliphatic hydroxyl groups excluding tert-OH is 1. The van der Waals surface area contributed by atoms with Crippen LogP contribution in [-0.2, 0) is 20.7 Å². The molecule has 1 aliphatic heterocycles. The van der Waals surface area contributed by atoms with Crippen molar-refractivity contribution < 1.29 is 29.3 Å². The number of rotatable bonds is 16. The Hall–Kier alpha value is -3.53. The molecular weight excluding hydrogens is 564 g/mol. The van der Waals surface area contributed by atoms with Gasteiger partial charge in [0.15, 0.2) is 12.2 Å². The maximum Gasteiger partial charge on any atom is 0.335 e. The van der Waals surface area contributed by atoms with E-state index < -0.39 is 24.1 Å². The number of aliphatic hydroxyl groups is 1. The first kappa shape index (κ1) is 32.4. The third-order valence-corrected chi connectivity index (χ3v) is 8.77. The summed E-state index contributed by atoms with van der Waals surface area (Å²) in [5, 5.41) is 23.0. The first-order valence-electron chi connectivity index (χ1n) is 14.9. The molecule has 4 rings (SSSR count). The minimum absolute atomic E-state index is 0.203. The van der Waals surface area contributed by atoms with Gasteiger partial charge >= 0.3 is 5.97 Å². The third kappa shape index (κ3) is 9.23. The monoisotopic (exact) mass is 606 g/mol. The molecular formula is C34H42N2O6S. The molecule has 0 spiro atoms. The van der Waals surface area contributed by atoms with E-state index in [-0.39, 0.29) is 6.61 Å². The second-order valence-corrected chi connectivity index (χ2v) is 12.1. The smallest absolute Gasteiger partial charge is 0.335 e. The Morgan fingerprint density at radius 3 is 2.44 bits per heavy atom. The molecule has 3 aromatic carbocycles. The summed E-state index contributed by atoms with van der Waals surface area (Å²) in [7, 11) is 1.60. The van der Waals surface area contributed by atoms with Gasteiger partial charge in [0.25, 0.3) is 5.91 Å². The minimum atomic E-state index is -1.92. The Balaban J connectivity index is 1.16. The van der Waals surface area contributed by atoms with Crippen LogP contribution >= 0.6 is 11.8 Å². The molecule has 0 saturated heterocycles. The highest BCUT2D eigenvalue weighted by Gasteiger charge is 2.34. The number of nitrogens with one attached hydrogen (secondary N) is 1. The average molecular weight is 607 g/mol. The average Bonchev–Trinajstić information content (AvgIpc) is 3.00. The Labute approximate surface area is 258 Å². The van der Waals surface area contributed by atoms with Gasteiger partial charge in [-0.05, 0) is 86.9 Å². The zero-order valence-corrected chi connectivity index (χ0v) is 26.0. The van der Waals surface area contributed by atoms with E-state index in [0.717, 1.165) is 41.3 Å². The molecule has 1 heterocycles. The number of amides is 1. The third-order valence-electron chi connectivity index (χ3n) is 7.62. The summed E-state index contributed by atoms with van der Waals surface area (Å²) in [6.07, 6.45) is 1.45. The molecule has 43 heavy (non-hydrogen) atoms. The van der Waals surface area contributed by atoms with Crippen LogP contribution in [-0.4, -0.2) is 66.0 Å². The van der Waals surface area contributed by atoms with Crippen LogP contribution in [0.2, 0.25) is 0 Å². The summed E-state index contributed by atoms with van der Waals surface area (Å²) in [4.78, 5) is 28.2. The van der Waals surface area contributed by atoms with Gasteiger partial charge in [0.05, 0.1) is 18.0 Å².